The van der Waals surface area contributed by atoms with E-state index in [4.69, 9.17) is 9.47 Å². The molecule has 0 unspecified atom stereocenters. The van der Waals surface area contributed by atoms with Crippen LogP contribution < -0.4 is 19.7 Å². The minimum absolute atomic E-state index is 0.524. The zero-order valence-electron chi connectivity index (χ0n) is 15.7. The Hall–Kier alpha value is -3.35. The van der Waals surface area contributed by atoms with Gasteiger partial charge in [0.2, 0.25) is 5.95 Å². The summed E-state index contributed by atoms with van der Waals surface area (Å²) >= 11 is 0. The van der Waals surface area contributed by atoms with Gasteiger partial charge in [-0.25, -0.2) is 4.98 Å². The molecule has 0 spiro atoms. The third-order valence-electron chi connectivity index (χ3n) is 4.16. The minimum atomic E-state index is 0.524. The molecule has 3 rings (SSSR count). The first-order valence-electron chi connectivity index (χ1n) is 8.61. The Labute approximate surface area is 159 Å². The first-order valence-corrected chi connectivity index (χ1v) is 8.61. The Kier molecular flexibility index (Phi) is 6.04. The standard InChI is InChI=1S/C20H23N5O2/c1-25(13-9-15-6-10-21-11-7-15)19-8-12-22-20(24-19)23-16-4-5-17(26-2)18(14-16)27-3/h4-8,10-12,14H,9,13H2,1-3H3,(H,22,23,24). The van der Waals surface area contributed by atoms with Crippen LogP contribution in [0.3, 0.4) is 0 Å². The zero-order valence-corrected chi connectivity index (χ0v) is 15.7. The van der Waals surface area contributed by atoms with E-state index in [1.807, 2.05) is 55.8 Å². The molecule has 0 aliphatic carbocycles. The van der Waals surface area contributed by atoms with Crippen LogP contribution in [-0.2, 0) is 6.42 Å². The van der Waals surface area contributed by atoms with Crippen LogP contribution in [0.1, 0.15) is 5.56 Å². The van der Waals surface area contributed by atoms with Gasteiger partial charge < -0.3 is 19.7 Å². The maximum absolute atomic E-state index is 5.33. The highest BCUT2D eigenvalue weighted by molar-refractivity contribution is 5.60. The second-order valence-corrected chi connectivity index (χ2v) is 5.96. The number of methoxy groups -OCH3 is 2. The van der Waals surface area contributed by atoms with Crippen molar-refractivity contribution in [3.8, 4) is 11.5 Å². The molecular formula is C20H23N5O2. The Morgan fingerprint density at radius 1 is 0.963 bits per heavy atom. The van der Waals surface area contributed by atoms with Gasteiger partial charge in [0, 0.05) is 43.9 Å². The van der Waals surface area contributed by atoms with E-state index in [1.54, 1.807) is 20.4 Å². The largest absolute Gasteiger partial charge is 0.493 e. The van der Waals surface area contributed by atoms with Gasteiger partial charge in [-0.15, -0.1) is 0 Å². The molecule has 0 bridgehead atoms. The lowest BCUT2D eigenvalue weighted by molar-refractivity contribution is 0.355. The fraction of sp³-hybridized carbons (Fsp3) is 0.250. The highest BCUT2D eigenvalue weighted by atomic mass is 16.5. The number of anilines is 3. The smallest absolute Gasteiger partial charge is 0.229 e. The summed E-state index contributed by atoms with van der Waals surface area (Å²) in [5.41, 5.74) is 2.07. The maximum atomic E-state index is 5.33. The molecule has 1 N–H and O–H groups in total. The number of hydrogen-bond donors (Lipinski definition) is 1. The molecule has 0 radical (unpaired) electrons. The number of aromatic nitrogens is 3. The SMILES string of the molecule is COc1ccc(Nc2nccc(N(C)CCc3ccncc3)n2)cc1OC. The summed E-state index contributed by atoms with van der Waals surface area (Å²) in [6, 6.07) is 11.5. The molecule has 0 saturated carbocycles. The van der Waals surface area contributed by atoms with Gasteiger partial charge in [-0.3, -0.25) is 4.98 Å². The van der Waals surface area contributed by atoms with Gasteiger partial charge >= 0.3 is 0 Å². The Bertz CT molecular complexity index is 873. The minimum Gasteiger partial charge on any atom is -0.493 e. The van der Waals surface area contributed by atoms with Crippen LogP contribution in [0, 0.1) is 0 Å². The summed E-state index contributed by atoms with van der Waals surface area (Å²) in [7, 11) is 5.24. The lowest BCUT2D eigenvalue weighted by Crippen LogP contribution is -2.21. The molecule has 1 aromatic carbocycles. The number of rotatable bonds is 8. The topological polar surface area (TPSA) is 72.4 Å². The Balaban J connectivity index is 1.68. The molecule has 0 aliphatic heterocycles. The van der Waals surface area contributed by atoms with E-state index < -0.39 is 0 Å². The predicted octanol–water partition coefficient (Wildman–Crippen LogP) is 3.31. The molecule has 0 amide bonds. The molecule has 27 heavy (non-hydrogen) atoms. The maximum Gasteiger partial charge on any atom is 0.229 e. The lowest BCUT2D eigenvalue weighted by Gasteiger charge is -2.18. The number of pyridine rings is 1. The second kappa shape index (κ2) is 8.84. The van der Waals surface area contributed by atoms with Crippen LogP contribution >= 0.6 is 0 Å². The Morgan fingerprint density at radius 2 is 1.74 bits per heavy atom. The molecule has 0 atom stereocenters. The summed E-state index contributed by atoms with van der Waals surface area (Å²) in [5, 5.41) is 3.21. The summed E-state index contributed by atoms with van der Waals surface area (Å²) in [5.74, 6) is 2.69. The molecule has 0 aliphatic rings. The van der Waals surface area contributed by atoms with Crippen LogP contribution in [-0.4, -0.2) is 42.8 Å². The van der Waals surface area contributed by atoms with Gasteiger partial charge in [-0.1, -0.05) is 0 Å². The number of ether oxygens (including phenoxy) is 2. The van der Waals surface area contributed by atoms with Gasteiger partial charge in [0.25, 0.3) is 0 Å². The number of benzene rings is 1. The van der Waals surface area contributed by atoms with E-state index in [2.05, 4.69) is 25.2 Å². The van der Waals surface area contributed by atoms with E-state index >= 15 is 0 Å². The molecular weight excluding hydrogens is 342 g/mol. The van der Waals surface area contributed by atoms with Crippen molar-refractivity contribution in [2.75, 3.05) is 38.0 Å². The van der Waals surface area contributed by atoms with Crippen molar-refractivity contribution in [2.45, 2.75) is 6.42 Å². The molecule has 7 heteroatoms. The second-order valence-electron chi connectivity index (χ2n) is 5.96. The number of nitrogens with one attached hydrogen (secondary N) is 1. The third-order valence-corrected chi connectivity index (χ3v) is 4.16. The van der Waals surface area contributed by atoms with Crippen LogP contribution in [0.5, 0.6) is 11.5 Å². The van der Waals surface area contributed by atoms with E-state index in [0.29, 0.717) is 17.4 Å². The monoisotopic (exact) mass is 365 g/mol. The van der Waals surface area contributed by atoms with Crippen LogP contribution in [0.2, 0.25) is 0 Å². The van der Waals surface area contributed by atoms with Crippen LogP contribution in [0.15, 0.2) is 55.0 Å². The molecule has 2 aromatic heterocycles. The predicted molar refractivity (Wildman–Crippen MR) is 106 cm³/mol. The molecule has 7 nitrogen and oxygen atoms in total. The summed E-state index contributed by atoms with van der Waals surface area (Å²) in [4.78, 5) is 15.0. The van der Waals surface area contributed by atoms with Gasteiger partial charge in [0.05, 0.1) is 14.2 Å². The van der Waals surface area contributed by atoms with Crippen molar-refractivity contribution < 1.29 is 9.47 Å². The lowest BCUT2D eigenvalue weighted by atomic mass is 10.2. The summed E-state index contributed by atoms with van der Waals surface area (Å²) in [6.07, 6.45) is 6.28. The van der Waals surface area contributed by atoms with Gasteiger partial charge in [-0.05, 0) is 42.3 Å². The number of hydrogen-bond acceptors (Lipinski definition) is 7. The number of likely N-dealkylation sites (N-methyl/N-ethyl adjacent to an activating group) is 1. The Morgan fingerprint density at radius 3 is 2.48 bits per heavy atom. The third kappa shape index (κ3) is 4.84. The fourth-order valence-corrected chi connectivity index (χ4v) is 2.63. The van der Waals surface area contributed by atoms with E-state index in [1.165, 1.54) is 5.56 Å². The average Bonchev–Trinajstić information content (AvgIpc) is 2.73. The van der Waals surface area contributed by atoms with Crippen LogP contribution in [0.25, 0.3) is 0 Å². The van der Waals surface area contributed by atoms with Gasteiger partial charge in [-0.2, -0.15) is 4.98 Å². The molecule has 140 valence electrons. The fourth-order valence-electron chi connectivity index (χ4n) is 2.63. The first kappa shape index (κ1) is 18.4. The zero-order chi connectivity index (χ0) is 19.1. The summed E-state index contributed by atoms with van der Waals surface area (Å²) in [6.45, 7) is 0.844. The molecule has 2 heterocycles. The van der Waals surface area contributed by atoms with Crippen molar-refractivity contribution in [3.05, 3.63) is 60.6 Å². The van der Waals surface area contributed by atoms with Gasteiger partial charge in [0.15, 0.2) is 11.5 Å². The van der Waals surface area contributed by atoms with Crippen molar-refractivity contribution in [2.24, 2.45) is 0 Å². The van der Waals surface area contributed by atoms with E-state index in [9.17, 15) is 0 Å². The normalized spacial score (nSPS) is 10.3. The number of nitrogens with zero attached hydrogens (tertiary/aromatic N) is 4. The quantitative estimate of drug-likeness (QED) is 0.656. The molecule has 0 fully saturated rings. The average molecular weight is 365 g/mol. The van der Waals surface area contributed by atoms with E-state index in [0.717, 1.165) is 24.5 Å². The van der Waals surface area contributed by atoms with Crippen molar-refractivity contribution in [3.63, 3.8) is 0 Å². The summed E-state index contributed by atoms with van der Waals surface area (Å²) < 4.78 is 10.6. The van der Waals surface area contributed by atoms with E-state index in [-0.39, 0.29) is 0 Å². The van der Waals surface area contributed by atoms with Crippen LogP contribution in [0.4, 0.5) is 17.5 Å². The van der Waals surface area contributed by atoms with Crippen molar-refractivity contribution in [1.29, 1.82) is 0 Å². The van der Waals surface area contributed by atoms with Gasteiger partial charge in [0.1, 0.15) is 5.82 Å². The van der Waals surface area contributed by atoms with Crippen molar-refractivity contribution >= 4 is 17.5 Å². The highest BCUT2D eigenvalue weighted by Crippen LogP contribution is 2.30. The first-order chi connectivity index (χ1) is 13.2. The van der Waals surface area contributed by atoms with Crippen molar-refractivity contribution in [1.82, 2.24) is 15.0 Å². The molecule has 3 aromatic rings. The molecule has 0 saturated heterocycles. The highest BCUT2D eigenvalue weighted by Gasteiger charge is 2.08.